The highest BCUT2D eigenvalue weighted by Gasteiger charge is 2.28. The van der Waals surface area contributed by atoms with Crippen molar-refractivity contribution in [3.05, 3.63) is 0 Å². The first-order chi connectivity index (χ1) is 9.81. The molecule has 0 radical (unpaired) electrons. The number of hydrogen-bond acceptors (Lipinski definition) is 2. The standard InChI is InChI=1S/C17H30N2O/c20-17(16-6-2-1-3-7-16)18-11-15-5-4-10-19(13-15)12-14-8-9-14/h14-16H,1-13H2,(H,18,20). The summed E-state index contributed by atoms with van der Waals surface area (Å²) in [5.41, 5.74) is 0. The summed E-state index contributed by atoms with van der Waals surface area (Å²) in [4.78, 5) is 14.8. The maximum Gasteiger partial charge on any atom is 0.223 e. The van der Waals surface area contributed by atoms with Crippen LogP contribution in [0.1, 0.15) is 57.8 Å². The highest BCUT2D eigenvalue weighted by atomic mass is 16.1. The number of rotatable bonds is 5. The largest absolute Gasteiger partial charge is 0.356 e. The maximum absolute atomic E-state index is 12.2. The van der Waals surface area contributed by atoms with Crippen LogP contribution in [0.15, 0.2) is 0 Å². The smallest absolute Gasteiger partial charge is 0.223 e. The molecule has 0 aromatic carbocycles. The Labute approximate surface area is 123 Å². The second-order valence-corrected chi connectivity index (χ2v) is 7.29. The quantitative estimate of drug-likeness (QED) is 0.838. The number of nitrogens with zero attached hydrogens (tertiary/aromatic N) is 1. The number of carbonyl (C=O) groups excluding carboxylic acids is 1. The molecule has 3 aliphatic rings. The Morgan fingerprint density at radius 3 is 2.50 bits per heavy atom. The number of piperidine rings is 1. The van der Waals surface area contributed by atoms with Crippen molar-refractivity contribution in [1.29, 1.82) is 0 Å². The van der Waals surface area contributed by atoms with Gasteiger partial charge in [0.1, 0.15) is 0 Å². The first-order valence-corrected chi connectivity index (χ1v) is 8.81. The van der Waals surface area contributed by atoms with E-state index in [4.69, 9.17) is 0 Å². The van der Waals surface area contributed by atoms with Crippen molar-refractivity contribution >= 4 is 5.91 Å². The maximum atomic E-state index is 12.2. The molecular weight excluding hydrogens is 248 g/mol. The van der Waals surface area contributed by atoms with Gasteiger partial charge in [-0.05, 0) is 56.9 Å². The van der Waals surface area contributed by atoms with Crippen molar-refractivity contribution in [3.63, 3.8) is 0 Å². The molecule has 3 fully saturated rings. The van der Waals surface area contributed by atoms with Crippen molar-refractivity contribution in [3.8, 4) is 0 Å². The first kappa shape index (κ1) is 14.4. The van der Waals surface area contributed by atoms with Crippen LogP contribution in [0.25, 0.3) is 0 Å². The lowest BCUT2D eigenvalue weighted by atomic mass is 9.88. The Balaban J connectivity index is 1.37. The lowest BCUT2D eigenvalue weighted by Gasteiger charge is -2.33. The van der Waals surface area contributed by atoms with Gasteiger partial charge < -0.3 is 10.2 Å². The van der Waals surface area contributed by atoms with E-state index in [1.54, 1.807) is 0 Å². The van der Waals surface area contributed by atoms with E-state index in [0.717, 1.165) is 25.3 Å². The Hall–Kier alpha value is -0.570. The predicted octanol–water partition coefficient (Wildman–Crippen LogP) is 2.80. The molecule has 2 saturated carbocycles. The Bertz CT molecular complexity index is 321. The lowest BCUT2D eigenvalue weighted by Crippen LogP contribution is -2.43. The van der Waals surface area contributed by atoms with Gasteiger partial charge in [0.25, 0.3) is 0 Å². The molecule has 0 aromatic heterocycles. The number of carbonyl (C=O) groups is 1. The molecule has 3 heteroatoms. The summed E-state index contributed by atoms with van der Waals surface area (Å²) in [6.45, 7) is 4.72. The Morgan fingerprint density at radius 2 is 1.75 bits per heavy atom. The summed E-state index contributed by atoms with van der Waals surface area (Å²) in [6.07, 6.45) is 11.5. The van der Waals surface area contributed by atoms with Crippen LogP contribution in [-0.2, 0) is 4.79 Å². The molecule has 0 aromatic rings. The van der Waals surface area contributed by atoms with Crippen molar-refractivity contribution in [2.75, 3.05) is 26.2 Å². The molecule has 2 aliphatic carbocycles. The molecule has 1 heterocycles. The van der Waals surface area contributed by atoms with Gasteiger partial charge >= 0.3 is 0 Å². The van der Waals surface area contributed by atoms with E-state index in [1.165, 1.54) is 64.6 Å². The average Bonchev–Trinajstić information content (AvgIpc) is 3.30. The molecule has 3 rings (SSSR count). The van der Waals surface area contributed by atoms with E-state index in [1.807, 2.05) is 0 Å². The monoisotopic (exact) mass is 278 g/mol. The molecule has 1 saturated heterocycles. The fourth-order valence-electron chi connectivity index (χ4n) is 3.90. The van der Waals surface area contributed by atoms with Gasteiger partial charge in [0.2, 0.25) is 5.91 Å². The van der Waals surface area contributed by atoms with E-state index in [9.17, 15) is 4.79 Å². The van der Waals surface area contributed by atoms with Crippen LogP contribution in [0.2, 0.25) is 0 Å². The summed E-state index contributed by atoms with van der Waals surface area (Å²) in [7, 11) is 0. The molecular formula is C17H30N2O. The second kappa shape index (κ2) is 6.93. The minimum Gasteiger partial charge on any atom is -0.356 e. The molecule has 20 heavy (non-hydrogen) atoms. The molecule has 1 atom stereocenters. The van der Waals surface area contributed by atoms with Gasteiger partial charge in [-0.25, -0.2) is 0 Å². The van der Waals surface area contributed by atoms with E-state index < -0.39 is 0 Å². The average molecular weight is 278 g/mol. The molecule has 1 N–H and O–H groups in total. The topological polar surface area (TPSA) is 32.3 Å². The lowest BCUT2D eigenvalue weighted by molar-refractivity contribution is -0.126. The summed E-state index contributed by atoms with van der Waals surface area (Å²) in [6, 6.07) is 0. The molecule has 3 nitrogen and oxygen atoms in total. The summed E-state index contributed by atoms with van der Waals surface area (Å²) in [5.74, 6) is 2.33. The summed E-state index contributed by atoms with van der Waals surface area (Å²) < 4.78 is 0. The van der Waals surface area contributed by atoms with Crippen LogP contribution in [-0.4, -0.2) is 37.0 Å². The zero-order valence-electron chi connectivity index (χ0n) is 12.8. The molecule has 1 amide bonds. The molecule has 114 valence electrons. The third kappa shape index (κ3) is 4.21. The van der Waals surface area contributed by atoms with Gasteiger partial charge in [0.05, 0.1) is 0 Å². The molecule has 1 aliphatic heterocycles. The molecule has 0 bridgehead atoms. The van der Waals surface area contributed by atoms with Gasteiger partial charge in [0, 0.05) is 25.6 Å². The fraction of sp³-hybridized carbons (Fsp3) is 0.941. The number of likely N-dealkylation sites (tertiary alicyclic amines) is 1. The van der Waals surface area contributed by atoms with Crippen molar-refractivity contribution in [2.45, 2.75) is 57.8 Å². The zero-order chi connectivity index (χ0) is 13.8. The first-order valence-electron chi connectivity index (χ1n) is 8.81. The number of nitrogens with one attached hydrogen (secondary N) is 1. The van der Waals surface area contributed by atoms with Crippen LogP contribution in [0, 0.1) is 17.8 Å². The fourth-order valence-corrected chi connectivity index (χ4v) is 3.90. The Kier molecular flexibility index (Phi) is 4.98. The summed E-state index contributed by atoms with van der Waals surface area (Å²) >= 11 is 0. The van der Waals surface area contributed by atoms with E-state index in [2.05, 4.69) is 10.2 Å². The van der Waals surface area contributed by atoms with Gasteiger partial charge in [-0.2, -0.15) is 0 Å². The van der Waals surface area contributed by atoms with Gasteiger partial charge in [0.15, 0.2) is 0 Å². The minimum absolute atomic E-state index is 0.315. The van der Waals surface area contributed by atoms with Crippen LogP contribution in [0.4, 0.5) is 0 Å². The predicted molar refractivity (Wildman–Crippen MR) is 81.5 cm³/mol. The van der Waals surface area contributed by atoms with Gasteiger partial charge in [-0.1, -0.05) is 19.3 Å². The normalized spacial score (nSPS) is 29.3. The number of hydrogen-bond donors (Lipinski definition) is 1. The van der Waals surface area contributed by atoms with Crippen molar-refractivity contribution < 1.29 is 4.79 Å². The highest BCUT2D eigenvalue weighted by Crippen LogP contribution is 2.31. The Morgan fingerprint density at radius 1 is 0.950 bits per heavy atom. The zero-order valence-corrected chi connectivity index (χ0v) is 12.8. The van der Waals surface area contributed by atoms with Gasteiger partial charge in [-0.3, -0.25) is 4.79 Å². The summed E-state index contributed by atoms with van der Waals surface area (Å²) in [5, 5.41) is 3.25. The van der Waals surface area contributed by atoms with Gasteiger partial charge in [-0.15, -0.1) is 0 Å². The van der Waals surface area contributed by atoms with Crippen LogP contribution in [0.3, 0.4) is 0 Å². The molecule has 1 unspecified atom stereocenters. The second-order valence-electron chi connectivity index (χ2n) is 7.29. The van der Waals surface area contributed by atoms with E-state index >= 15 is 0 Å². The van der Waals surface area contributed by atoms with Crippen molar-refractivity contribution in [1.82, 2.24) is 10.2 Å². The van der Waals surface area contributed by atoms with Crippen molar-refractivity contribution in [2.24, 2.45) is 17.8 Å². The van der Waals surface area contributed by atoms with Crippen LogP contribution < -0.4 is 5.32 Å². The number of amides is 1. The molecule has 0 spiro atoms. The van der Waals surface area contributed by atoms with E-state index in [-0.39, 0.29) is 0 Å². The van der Waals surface area contributed by atoms with Crippen LogP contribution >= 0.6 is 0 Å². The minimum atomic E-state index is 0.315. The van der Waals surface area contributed by atoms with E-state index in [0.29, 0.717) is 17.7 Å². The SMILES string of the molecule is O=C(NCC1CCCN(CC2CC2)C1)C1CCCCC1. The third-order valence-corrected chi connectivity index (χ3v) is 5.36. The van der Waals surface area contributed by atoms with Crippen LogP contribution in [0.5, 0.6) is 0 Å². The highest BCUT2D eigenvalue weighted by molar-refractivity contribution is 5.78. The third-order valence-electron chi connectivity index (χ3n) is 5.36.